The molecule has 1 atom stereocenters. The summed E-state index contributed by atoms with van der Waals surface area (Å²) in [5, 5.41) is 10.1. The highest BCUT2D eigenvalue weighted by Crippen LogP contribution is 2.31. The van der Waals surface area contributed by atoms with E-state index in [4.69, 9.17) is 14.3 Å². The third-order valence-corrected chi connectivity index (χ3v) is 2.78. The van der Waals surface area contributed by atoms with Crippen molar-refractivity contribution in [1.82, 2.24) is 0 Å². The van der Waals surface area contributed by atoms with Gasteiger partial charge in [-0.05, 0) is 24.3 Å². The first-order valence-corrected chi connectivity index (χ1v) is 5.60. The summed E-state index contributed by atoms with van der Waals surface area (Å²) < 4.78 is 23.3. The molecule has 0 amide bonds. The molecule has 0 aliphatic rings. The zero-order chi connectivity index (χ0) is 13.4. The zero-order valence-electron chi connectivity index (χ0n) is 9.67. The third-order valence-electron chi connectivity index (χ3n) is 2.78. The lowest BCUT2D eigenvalue weighted by Crippen LogP contribution is -2.21. The average molecular weight is 260 g/mol. The molecule has 1 unspecified atom stereocenters. The van der Waals surface area contributed by atoms with Crippen molar-refractivity contribution in [2.75, 3.05) is 0 Å². The molecule has 19 heavy (non-hydrogen) atoms. The molecule has 96 valence electrons. The Balaban J connectivity index is 2.09. The lowest BCUT2D eigenvalue weighted by Gasteiger charge is -2.06. The molecule has 2 aromatic carbocycles. The van der Waals surface area contributed by atoms with Crippen molar-refractivity contribution in [2.45, 2.75) is 6.36 Å². The van der Waals surface area contributed by atoms with Crippen LogP contribution in [-0.4, -0.2) is 17.4 Å². The number of halogens is 1. The van der Waals surface area contributed by atoms with Crippen molar-refractivity contribution >= 4 is 27.9 Å². The van der Waals surface area contributed by atoms with Gasteiger partial charge >= 0.3 is 12.3 Å². The number of fused-ring (bicyclic) bond motifs is 3. The van der Waals surface area contributed by atoms with Crippen molar-refractivity contribution in [3.8, 4) is 5.75 Å². The fraction of sp³-hybridized carbons (Fsp3) is 0.0714. The molecule has 0 saturated carbocycles. The molecule has 3 rings (SSSR count). The quantitative estimate of drug-likeness (QED) is 0.784. The van der Waals surface area contributed by atoms with Crippen LogP contribution in [0.3, 0.4) is 0 Å². The van der Waals surface area contributed by atoms with Crippen molar-refractivity contribution in [3.63, 3.8) is 0 Å². The van der Waals surface area contributed by atoms with Gasteiger partial charge in [-0.15, -0.1) is 0 Å². The highest BCUT2D eigenvalue weighted by molar-refractivity contribution is 6.05. The standard InChI is InChI=1S/C14H9FO4/c15-13(14(16)17)18-8-5-6-12-10(7-8)9-3-1-2-4-11(9)19-12/h1-7,13H,(H,16,17). The van der Waals surface area contributed by atoms with Crippen LogP contribution in [0.2, 0.25) is 0 Å². The van der Waals surface area contributed by atoms with E-state index in [0.717, 1.165) is 10.8 Å². The number of carboxylic acid groups (broad SMARTS) is 1. The molecule has 0 aliphatic carbocycles. The molecule has 4 nitrogen and oxygen atoms in total. The van der Waals surface area contributed by atoms with Crippen LogP contribution in [0.1, 0.15) is 0 Å². The van der Waals surface area contributed by atoms with E-state index in [1.54, 1.807) is 12.1 Å². The minimum absolute atomic E-state index is 0.147. The van der Waals surface area contributed by atoms with E-state index in [1.807, 2.05) is 24.3 Å². The van der Waals surface area contributed by atoms with Crippen molar-refractivity contribution in [2.24, 2.45) is 0 Å². The van der Waals surface area contributed by atoms with Gasteiger partial charge in [-0.1, -0.05) is 18.2 Å². The number of aliphatic carboxylic acids is 1. The van der Waals surface area contributed by atoms with Gasteiger partial charge in [0.1, 0.15) is 16.9 Å². The van der Waals surface area contributed by atoms with E-state index in [0.29, 0.717) is 11.2 Å². The Hall–Kier alpha value is -2.56. The Kier molecular flexibility index (Phi) is 2.59. The molecule has 1 aromatic heterocycles. The number of para-hydroxylation sites is 1. The highest BCUT2D eigenvalue weighted by Gasteiger charge is 2.18. The van der Waals surface area contributed by atoms with E-state index >= 15 is 0 Å². The predicted octanol–water partition coefficient (Wildman–Crippen LogP) is 3.35. The highest BCUT2D eigenvalue weighted by atomic mass is 19.1. The second-order valence-corrected chi connectivity index (χ2v) is 4.03. The number of carboxylic acids is 1. The Morgan fingerprint density at radius 2 is 1.89 bits per heavy atom. The Labute approximate surface area is 107 Å². The molecular weight excluding hydrogens is 251 g/mol. The number of rotatable bonds is 3. The summed E-state index contributed by atoms with van der Waals surface area (Å²) in [4.78, 5) is 10.4. The first kappa shape index (κ1) is 11.5. The molecule has 1 heterocycles. The summed E-state index contributed by atoms with van der Waals surface area (Å²) in [5.74, 6) is -1.51. The Morgan fingerprint density at radius 1 is 1.16 bits per heavy atom. The van der Waals surface area contributed by atoms with Gasteiger partial charge in [0.25, 0.3) is 0 Å². The number of furan rings is 1. The molecule has 0 aliphatic heterocycles. The van der Waals surface area contributed by atoms with Gasteiger partial charge in [-0.3, -0.25) is 0 Å². The second-order valence-electron chi connectivity index (χ2n) is 4.03. The maximum Gasteiger partial charge on any atom is 0.378 e. The monoisotopic (exact) mass is 260 g/mol. The summed E-state index contributed by atoms with van der Waals surface area (Å²) in [5.41, 5.74) is 1.35. The second kappa shape index (κ2) is 4.28. The van der Waals surface area contributed by atoms with Crippen molar-refractivity contribution in [3.05, 3.63) is 42.5 Å². The number of alkyl halides is 1. The molecule has 0 bridgehead atoms. The van der Waals surface area contributed by atoms with Crippen LogP contribution in [0, 0.1) is 0 Å². The van der Waals surface area contributed by atoms with Crippen LogP contribution in [0.15, 0.2) is 46.9 Å². The predicted molar refractivity (Wildman–Crippen MR) is 66.9 cm³/mol. The number of benzene rings is 2. The summed E-state index contributed by atoms with van der Waals surface area (Å²) >= 11 is 0. The van der Waals surface area contributed by atoms with E-state index in [1.165, 1.54) is 6.07 Å². The minimum atomic E-state index is -2.38. The van der Waals surface area contributed by atoms with Crippen LogP contribution in [0.25, 0.3) is 21.9 Å². The summed E-state index contributed by atoms with van der Waals surface area (Å²) in [6, 6.07) is 12.1. The van der Waals surface area contributed by atoms with Crippen LogP contribution in [-0.2, 0) is 4.79 Å². The molecule has 0 fully saturated rings. The molecular formula is C14H9FO4. The number of ether oxygens (including phenoxy) is 1. The van der Waals surface area contributed by atoms with Gasteiger partial charge in [-0.25, -0.2) is 4.79 Å². The van der Waals surface area contributed by atoms with Gasteiger partial charge in [0, 0.05) is 10.8 Å². The third kappa shape index (κ3) is 1.99. The van der Waals surface area contributed by atoms with Gasteiger partial charge in [-0.2, -0.15) is 4.39 Å². The van der Waals surface area contributed by atoms with Gasteiger partial charge in [0.2, 0.25) is 0 Å². The summed E-state index contributed by atoms with van der Waals surface area (Å²) in [7, 11) is 0. The molecule has 1 N–H and O–H groups in total. The SMILES string of the molecule is O=C(O)C(F)Oc1ccc2oc3ccccc3c2c1. The molecule has 0 saturated heterocycles. The van der Waals surface area contributed by atoms with Gasteiger partial charge in [0.05, 0.1) is 0 Å². The number of carbonyl (C=O) groups is 1. The average Bonchev–Trinajstić information content (AvgIpc) is 2.76. The number of hydrogen-bond acceptors (Lipinski definition) is 3. The lowest BCUT2D eigenvalue weighted by molar-refractivity contribution is -0.153. The topological polar surface area (TPSA) is 59.7 Å². The van der Waals surface area contributed by atoms with Crippen LogP contribution in [0.4, 0.5) is 4.39 Å². The molecule has 0 radical (unpaired) electrons. The lowest BCUT2D eigenvalue weighted by atomic mass is 10.1. The van der Waals surface area contributed by atoms with Crippen molar-refractivity contribution < 1.29 is 23.4 Å². The van der Waals surface area contributed by atoms with Crippen LogP contribution in [0.5, 0.6) is 5.75 Å². The molecule has 3 aromatic rings. The minimum Gasteiger partial charge on any atom is -0.476 e. The summed E-state index contributed by atoms with van der Waals surface area (Å²) in [6.07, 6.45) is -2.38. The largest absolute Gasteiger partial charge is 0.476 e. The van der Waals surface area contributed by atoms with E-state index in [9.17, 15) is 9.18 Å². The summed E-state index contributed by atoms with van der Waals surface area (Å²) in [6.45, 7) is 0. The van der Waals surface area contributed by atoms with E-state index in [-0.39, 0.29) is 5.75 Å². The van der Waals surface area contributed by atoms with Gasteiger partial charge < -0.3 is 14.3 Å². The fourth-order valence-electron chi connectivity index (χ4n) is 1.95. The van der Waals surface area contributed by atoms with E-state index in [2.05, 4.69) is 0 Å². The first-order valence-electron chi connectivity index (χ1n) is 5.60. The smallest absolute Gasteiger partial charge is 0.378 e. The zero-order valence-corrected chi connectivity index (χ0v) is 9.67. The number of hydrogen-bond donors (Lipinski definition) is 1. The maximum absolute atomic E-state index is 13.0. The van der Waals surface area contributed by atoms with Crippen LogP contribution < -0.4 is 4.74 Å². The molecule has 0 spiro atoms. The Bertz CT molecular complexity index is 762. The first-order chi connectivity index (χ1) is 9.15. The fourth-order valence-corrected chi connectivity index (χ4v) is 1.95. The Morgan fingerprint density at radius 3 is 2.68 bits per heavy atom. The van der Waals surface area contributed by atoms with Crippen molar-refractivity contribution in [1.29, 1.82) is 0 Å². The normalized spacial score (nSPS) is 12.7. The van der Waals surface area contributed by atoms with Crippen LogP contribution >= 0.6 is 0 Å². The van der Waals surface area contributed by atoms with E-state index < -0.39 is 12.3 Å². The maximum atomic E-state index is 13.0. The molecule has 5 heteroatoms. The van der Waals surface area contributed by atoms with Gasteiger partial charge in [0.15, 0.2) is 0 Å².